The highest BCUT2D eigenvalue weighted by molar-refractivity contribution is 7.09. The number of likely N-dealkylation sites (tertiary alicyclic amines) is 1. The summed E-state index contributed by atoms with van der Waals surface area (Å²) in [7, 11) is 0. The predicted molar refractivity (Wildman–Crippen MR) is 86.4 cm³/mol. The fourth-order valence-electron chi connectivity index (χ4n) is 3.97. The molecule has 1 aliphatic carbocycles. The number of thiazole rings is 1. The number of amides is 1. The smallest absolute Gasteiger partial charge is 0.225 e. The van der Waals surface area contributed by atoms with Gasteiger partial charge in [-0.05, 0) is 25.2 Å². The first kappa shape index (κ1) is 15.0. The van der Waals surface area contributed by atoms with Crippen molar-refractivity contribution in [1.82, 2.24) is 9.88 Å². The maximum absolute atomic E-state index is 12.7. The summed E-state index contributed by atoms with van der Waals surface area (Å²) >= 11 is 1.73. The van der Waals surface area contributed by atoms with Crippen LogP contribution >= 0.6 is 11.3 Å². The van der Waals surface area contributed by atoms with E-state index in [0.717, 1.165) is 31.8 Å². The van der Waals surface area contributed by atoms with Gasteiger partial charge in [-0.25, -0.2) is 4.98 Å². The van der Waals surface area contributed by atoms with E-state index in [1.165, 1.54) is 37.1 Å². The van der Waals surface area contributed by atoms with Gasteiger partial charge in [0.15, 0.2) is 0 Å². The van der Waals surface area contributed by atoms with E-state index in [1.807, 2.05) is 11.6 Å². The number of carbonyl (C=O) groups is 1. The summed E-state index contributed by atoms with van der Waals surface area (Å²) in [5.74, 6) is 1.83. The Morgan fingerprint density at radius 2 is 2.19 bits per heavy atom. The van der Waals surface area contributed by atoms with Crippen LogP contribution in [0.4, 0.5) is 0 Å². The van der Waals surface area contributed by atoms with E-state index in [1.54, 1.807) is 11.3 Å². The molecule has 1 aromatic heterocycles. The van der Waals surface area contributed by atoms with E-state index in [0.29, 0.717) is 11.8 Å². The summed E-state index contributed by atoms with van der Waals surface area (Å²) in [6.45, 7) is 3.95. The summed E-state index contributed by atoms with van der Waals surface area (Å²) in [6, 6.07) is 0. The van der Waals surface area contributed by atoms with Crippen molar-refractivity contribution in [2.24, 2.45) is 11.8 Å². The molecule has 0 aromatic carbocycles. The standard InChI is InChI=1S/C17H26N2OS/c1-13(11-14-5-2-3-6-14)17(20)19-9-4-7-15(12-19)16-18-8-10-21-16/h8,10,13-15H,2-7,9,11-12H2,1H3/t13-,15-/m0/s1. The number of piperidine rings is 1. The van der Waals surface area contributed by atoms with Gasteiger partial charge in [-0.15, -0.1) is 11.3 Å². The van der Waals surface area contributed by atoms with Crippen molar-refractivity contribution >= 4 is 17.2 Å². The van der Waals surface area contributed by atoms with Gasteiger partial charge in [0.1, 0.15) is 0 Å². The third kappa shape index (κ3) is 3.65. The Hall–Kier alpha value is -0.900. The SMILES string of the molecule is C[C@@H](CC1CCCC1)C(=O)N1CCC[C@H](c2nccs2)C1. The van der Waals surface area contributed by atoms with Gasteiger partial charge in [0.25, 0.3) is 0 Å². The highest BCUT2D eigenvalue weighted by Crippen LogP contribution is 2.32. The van der Waals surface area contributed by atoms with Crippen LogP contribution in [0.2, 0.25) is 0 Å². The molecule has 1 aromatic rings. The fourth-order valence-corrected chi connectivity index (χ4v) is 4.74. The molecule has 0 unspecified atom stereocenters. The van der Waals surface area contributed by atoms with E-state index in [2.05, 4.69) is 16.8 Å². The maximum atomic E-state index is 12.7. The quantitative estimate of drug-likeness (QED) is 0.840. The Kier molecular flexibility index (Phi) is 4.94. The first-order valence-corrected chi connectivity index (χ1v) is 9.30. The molecule has 0 bridgehead atoms. The van der Waals surface area contributed by atoms with Gasteiger partial charge in [0.05, 0.1) is 5.01 Å². The van der Waals surface area contributed by atoms with Crippen LogP contribution in [-0.4, -0.2) is 28.9 Å². The molecule has 3 rings (SSSR count). The van der Waals surface area contributed by atoms with E-state index >= 15 is 0 Å². The van der Waals surface area contributed by atoms with E-state index in [4.69, 9.17) is 0 Å². The van der Waals surface area contributed by atoms with Crippen molar-refractivity contribution in [3.8, 4) is 0 Å². The van der Waals surface area contributed by atoms with Gasteiger partial charge >= 0.3 is 0 Å². The van der Waals surface area contributed by atoms with E-state index < -0.39 is 0 Å². The van der Waals surface area contributed by atoms with Gasteiger partial charge in [0, 0.05) is 36.5 Å². The van der Waals surface area contributed by atoms with Gasteiger partial charge in [-0.3, -0.25) is 4.79 Å². The molecule has 1 saturated heterocycles. The summed E-state index contributed by atoms with van der Waals surface area (Å²) in [5.41, 5.74) is 0. The summed E-state index contributed by atoms with van der Waals surface area (Å²) in [4.78, 5) is 19.3. The Labute approximate surface area is 131 Å². The van der Waals surface area contributed by atoms with E-state index in [9.17, 15) is 4.79 Å². The molecule has 2 fully saturated rings. The second-order valence-corrected chi connectivity index (χ2v) is 7.71. The second kappa shape index (κ2) is 6.91. The number of rotatable bonds is 4. The van der Waals surface area contributed by atoms with E-state index in [-0.39, 0.29) is 5.92 Å². The Morgan fingerprint density at radius 3 is 2.90 bits per heavy atom. The average Bonchev–Trinajstić information content (AvgIpc) is 3.20. The molecule has 1 amide bonds. The van der Waals surface area contributed by atoms with Crippen LogP contribution in [-0.2, 0) is 4.79 Å². The maximum Gasteiger partial charge on any atom is 0.225 e. The second-order valence-electron chi connectivity index (χ2n) is 6.78. The molecule has 1 saturated carbocycles. The molecule has 0 N–H and O–H groups in total. The van der Waals surface area contributed by atoms with Crippen LogP contribution in [0.5, 0.6) is 0 Å². The monoisotopic (exact) mass is 306 g/mol. The number of nitrogens with zero attached hydrogens (tertiary/aromatic N) is 2. The largest absolute Gasteiger partial charge is 0.342 e. The lowest BCUT2D eigenvalue weighted by Crippen LogP contribution is -2.42. The molecule has 3 nitrogen and oxygen atoms in total. The van der Waals surface area contributed by atoms with Crippen molar-refractivity contribution in [1.29, 1.82) is 0 Å². The van der Waals surface area contributed by atoms with Gasteiger partial charge in [-0.1, -0.05) is 32.6 Å². The lowest BCUT2D eigenvalue weighted by atomic mass is 9.92. The Bertz CT molecular complexity index is 453. The lowest BCUT2D eigenvalue weighted by Gasteiger charge is -2.34. The van der Waals surface area contributed by atoms with Crippen LogP contribution in [0.15, 0.2) is 11.6 Å². The molecule has 0 radical (unpaired) electrons. The Morgan fingerprint density at radius 1 is 1.38 bits per heavy atom. The highest BCUT2D eigenvalue weighted by Gasteiger charge is 2.30. The zero-order valence-corrected chi connectivity index (χ0v) is 13.8. The Balaban J connectivity index is 1.56. The minimum Gasteiger partial charge on any atom is -0.342 e. The topological polar surface area (TPSA) is 33.2 Å². The van der Waals surface area contributed by atoms with Gasteiger partial charge in [-0.2, -0.15) is 0 Å². The minimum atomic E-state index is 0.197. The molecule has 2 aliphatic rings. The molecule has 2 atom stereocenters. The van der Waals surface area contributed by atoms with Crippen LogP contribution < -0.4 is 0 Å². The summed E-state index contributed by atoms with van der Waals surface area (Å²) in [5, 5.41) is 3.25. The molecule has 1 aliphatic heterocycles. The van der Waals surface area contributed by atoms with Gasteiger partial charge < -0.3 is 4.90 Å². The molecule has 2 heterocycles. The van der Waals surface area contributed by atoms with Crippen molar-refractivity contribution in [2.45, 2.75) is 57.8 Å². The number of aromatic nitrogens is 1. The average molecular weight is 306 g/mol. The normalized spacial score (nSPS) is 25.2. The summed E-state index contributed by atoms with van der Waals surface area (Å²) in [6.07, 6.45) is 10.7. The van der Waals surface area contributed by atoms with Gasteiger partial charge in [0.2, 0.25) is 5.91 Å². The first-order valence-electron chi connectivity index (χ1n) is 8.42. The zero-order chi connectivity index (χ0) is 14.7. The first-order chi connectivity index (χ1) is 10.2. The van der Waals surface area contributed by atoms with Crippen LogP contribution in [0.25, 0.3) is 0 Å². The minimum absolute atomic E-state index is 0.197. The fraction of sp³-hybridized carbons (Fsp3) is 0.765. The van der Waals surface area contributed by atoms with Crippen LogP contribution in [0, 0.1) is 11.8 Å². The molecule has 4 heteroatoms. The van der Waals surface area contributed by atoms with Crippen LogP contribution in [0.1, 0.15) is 62.8 Å². The summed E-state index contributed by atoms with van der Waals surface area (Å²) < 4.78 is 0. The lowest BCUT2D eigenvalue weighted by molar-refractivity contribution is -0.136. The predicted octanol–water partition coefficient (Wildman–Crippen LogP) is 4.07. The van der Waals surface area contributed by atoms with Crippen molar-refractivity contribution in [3.63, 3.8) is 0 Å². The highest BCUT2D eigenvalue weighted by atomic mass is 32.1. The van der Waals surface area contributed by atoms with Crippen LogP contribution in [0.3, 0.4) is 0 Å². The third-order valence-electron chi connectivity index (χ3n) is 5.12. The zero-order valence-electron chi connectivity index (χ0n) is 13.0. The number of carbonyl (C=O) groups excluding carboxylic acids is 1. The molecular formula is C17H26N2OS. The molecule has 21 heavy (non-hydrogen) atoms. The number of hydrogen-bond donors (Lipinski definition) is 0. The van der Waals surface area contributed by atoms with Crippen molar-refractivity contribution < 1.29 is 4.79 Å². The van der Waals surface area contributed by atoms with Crippen molar-refractivity contribution in [3.05, 3.63) is 16.6 Å². The molecular weight excluding hydrogens is 280 g/mol. The van der Waals surface area contributed by atoms with Crippen molar-refractivity contribution in [2.75, 3.05) is 13.1 Å². The third-order valence-corrected chi connectivity index (χ3v) is 6.05. The number of hydrogen-bond acceptors (Lipinski definition) is 3. The molecule has 0 spiro atoms. The molecule has 116 valence electrons.